The largest absolute Gasteiger partial charge is 0.493 e. The first kappa shape index (κ1) is 25.8. The van der Waals surface area contributed by atoms with E-state index in [2.05, 4.69) is 20.9 Å². The van der Waals surface area contributed by atoms with E-state index >= 15 is 0 Å². The number of methoxy groups -OCH3 is 1. The van der Waals surface area contributed by atoms with Gasteiger partial charge in [-0.15, -0.1) is 0 Å². The van der Waals surface area contributed by atoms with Crippen molar-refractivity contribution in [3.63, 3.8) is 0 Å². The lowest BCUT2D eigenvalue weighted by Crippen LogP contribution is -2.27. The van der Waals surface area contributed by atoms with Crippen LogP contribution in [0.3, 0.4) is 0 Å². The van der Waals surface area contributed by atoms with Crippen LogP contribution >= 0.6 is 24.0 Å². The summed E-state index contributed by atoms with van der Waals surface area (Å²) in [6.07, 6.45) is 2.66. The number of nitrogens with one attached hydrogen (secondary N) is 2. The fourth-order valence-corrected chi connectivity index (χ4v) is 4.32. The van der Waals surface area contributed by atoms with E-state index in [1.54, 1.807) is 16.7 Å². The molecule has 1 atom stereocenters. The molecule has 190 valence electrons. The molecule has 3 aromatic rings. The van der Waals surface area contributed by atoms with Crippen molar-refractivity contribution in [2.45, 2.75) is 18.2 Å². The van der Waals surface area contributed by atoms with E-state index in [1.807, 2.05) is 30.3 Å². The molecule has 1 aliphatic rings. The van der Waals surface area contributed by atoms with Crippen LogP contribution in [0.5, 0.6) is 11.5 Å². The van der Waals surface area contributed by atoms with Gasteiger partial charge >= 0.3 is 5.97 Å². The Kier molecular flexibility index (Phi) is 8.10. The minimum atomic E-state index is -0.831. The maximum absolute atomic E-state index is 12.3. The molecule has 4 rings (SSSR count). The minimum absolute atomic E-state index is 0.128. The Bertz CT molecular complexity index is 1430. The van der Waals surface area contributed by atoms with Crippen molar-refractivity contribution in [3.05, 3.63) is 65.2 Å². The summed E-state index contributed by atoms with van der Waals surface area (Å²) in [5.41, 5.74) is 3.79. The lowest BCUT2D eigenvalue weighted by atomic mass is 10.2. The summed E-state index contributed by atoms with van der Waals surface area (Å²) in [4.78, 5) is 47.4. The Balaban J connectivity index is 1.33. The number of ether oxygens (including phenoxy) is 2. The summed E-state index contributed by atoms with van der Waals surface area (Å²) in [6.45, 7) is -0.128. The van der Waals surface area contributed by atoms with Gasteiger partial charge in [-0.3, -0.25) is 29.1 Å². The van der Waals surface area contributed by atoms with Gasteiger partial charge in [0.25, 0.3) is 11.1 Å². The number of hydrogen-bond acceptors (Lipinski definition) is 10. The Morgan fingerprint density at radius 3 is 2.70 bits per heavy atom. The van der Waals surface area contributed by atoms with Crippen molar-refractivity contribution in [1.29, 1.82) is 0 Å². The molecule has 1 aliphatic heterocycles. The molecule has 12 nitrogen and oxygen atoms in total. The first-order chi connectivity index (χ1) is 17.8. The van der Waals surface area contributed by atoms with E-state index in [4.69, 9.17) is 21.7 Å². The molecule has 0 bridgehead atoms. The number of benzene rings is 2. The average Bonchev–Trinajstić information content (AvgIpc) is 3.40. The van der Waals surface area contributed by atoms with Crippen molar-refractivity contribution in [3.8, 4) is 17.2 Å². The third-order valence-corrected chi connectivity index (χ3v) is 6.38. The number of esters is 1. The Morgan fingerprint density at radius 2 is 2.00 bits per heavy atom. The second-order valence-corrected chi connectivity index (χ2v) is 9.08. The fraction of sp³-hybridized carbons (Fsp3) is 0.174. The second-order valence-electron chi connectivity index (χ2n) is 7.54. The molecule has 2 heterocycles. The molecule has 14 heteroatoms. The molecule has 2 aromatic carbocycles. The molecular weight excluding hydrogens is 520 g/mol. The number of amides is 3. The van der Waals surface area contributed by atoms with Crippen LogP contribution < -0.4 is 20.2 Å². The van der Waals surface area contributed by atoms with E-state index < -0.39 is 28.3 Å². The third kappa shape index (κ3) is 6.48. The fourth-order valence-electron chi connectivity index (χ4n) is 3.25. The predicted octanol–water partition coefficient (Wildman–Crippen LogP) is 2.21. The normalized spacial score (nSPS) is 15.0. The Hall–Kier alpha value is -4.30. The molecule has 0 radical (unpaired) electrons. The molecule has 1 aromatic heterocycles. The van der Waals surface area contributed by atoms with Crippen LogP contribution in [-0.2, 0) is 20.9 Å². The van der Waals surface area contributed by atoms with Crippen molar-refractivity contribution >= 4 is 53.2 Å². The molecule has 3 amide bonds. The summed E-state index contributed by atoms with van der Waals surface area (Å²) >= 11 is 6.14. The van der Waals surface area contributed by atoms with Gasteiger partial charge in [-0.25, -0.2) is 10.1 Å². The van der Waals surface area contributed by atoms with Crippen LogP contribution in [0.15, 0.2) is 60.0 Å². The number of aromatic nitrogens is 3. The van der Waals surface area contributed by atoms with Crippen LogP contribution in [0.4, 0.5) is 4.79 Å². The summed E-state index contributed by atoms with van der Waals surface area (Å²) < 4.78 is 14.0. The zero-order valence-corrected chi connectivity index (χ0v) is 21.0. The SMILES string of the molecule is COc1cc(/C=N/NC(=O)Cn2ncn(-c3ccccc3)c2=S)ccc1OC(=O)C[C@H]1SC(=O)NC1=O. The van der Waals surface area contributed by atoms with E-state index in [1.165, 1.54) is 30.4 Å². The Labute approximate surface area is 219 Å². The number of hydrogen-bond donors (Lipinski definition) is 2. The maximum atomic E-state index is 12.3. The molecule has 1 fully saturated rings. The summed E-state index contributed by atoms with van der Waals surface area (Å²) in [5.74, 6) is -1.29. The van der Waals surface area contributed by atoms with E-state index in [9.17, 15) is 19.2 Å². The van der Waals surface area contributed by atoms with Crippen molar-refractivity contribution in [2.24, 2.45) is 5.10 Å². The van der Waals surface area contributed by atoms with Gasteiger partial charge in [-0.2, -0.15) is 10.2 Å². The molecule has 2 N–H and O–H groups in total. The summed E-state index contributed by atoms with van der Waals surface area (Å²) in [5, 5.41) is 8.88. The molecule has 0 aliphatic carbocycles. The number of para-hydroxylation sites is 1. The van der Waals surface area contributed by atoms with E-state index in [0.717, 1.165) is 17.4 Å². The number of rotatable bonds is 9. The van der Waals surface area contributed by atoms with Gasteiger partial charge in [-0.1, -0.05) is 30.0 Å². The molecule has 0 unspecified atom stereocenters. The minimum Gasteiger partial charge on any atom is -0.493 e. The molecule has 0 saturated carbocycles. The summed E-state index contributed by atoms with van der Waals surface area (Å²) in [7, 11) is 1.40. The van der Waals surface area contributed by atoms with Crippen LogP contribution in [0, 0.1) is 4.77 Å². The van der Waals surface area contributed by atoms with E-state index in [-0.39, 0.29) is 24.5 Å². The van der Waals surface area contributed by atoms with Crippen LogP contribution in [-0.4, -0.2) is 55.9 Å². The second kappa shape index (κ2) is 11.6. The highest BCUT2D eigenvalue weighted by Gasteiger charge is 2.34. The van der Waals surface area contributed by atoms with Gasteiger partial charge in [0.1, 0.15) is 18.1 Å². The molecule has 0 spiro atoms. The highest BCUT2D eigenvalue weighted by atomic mass is 32.2. The molecule has 1 saturated heterocycles. The van der Waals surface area contributed by atoms with Crippen molar-refractivity contribution in [2.75, 3.05) is 7.11 Å². The standard InChI is InChI=1S/C23H20N6O6S2/c1-34-17-9-14(7-8-16(17)35-20(31)10-18-21(32)26-22(33)37-18)11-24-27-19(30)12-29-23(36)28(13-25-29)15-5-3-2-4-6-15/h2-9,11,13,18H,10,12H2,1H3,(H,27,30)(H,26,32,33)/b24-11+/t18-/m1/s1. The molecular formula is C23H20N6O6S2. The average molecular weight is 541 g/mol. The first-order valence-corrected chi connectivity index (χ1v) is 12.0. The monoisotopic (exact) mass is 540 g/mol. The van der Waals surface area contributed by atoms with Crippen LogP contribution in [0.2, 0.25) is 0 Å². The smallest absolute Gasteiger partial charge is 0.312 e. The summed E-state index contributed by atoms with van der Waals surface area (Å²) in [6, 6.07) is 14.0. The highest BCUT2D eigenvalue weighted by Crippen LogP contribution is 2.29. The lowest BCUT2D eigenvalue weighted by molar-refractivity contribution is -0.136. The van der Waals surface area contributed by atoms with Gasteiger partial charge in [0, 0.05) is 5.69 Å². The molecule has 37 heavy (non-hydrogen) atoms. The number of hydrazone groups is 1. The van der Waals surface area contributed by atoms with Crippen molar-refractivity contribution < 1.29 is 28.7 Å². The van der Waals surface area contributed by atoms with Crippen LogP contribution in [0.1, 0.15) is 12.0 Å². The Morgan fingerprint density at radius 1 is 1.22 bits per heavy atom. The van der Waals surface area contributed by atoms with Gasteiger partial charge in [0.05, 0.1) is 19.7 Å². The zero-order chi connectivity index (χ0) is 26.4. The lowest BCUT2D eigenvalue weighted by Gasteiger charge is -2.10. The zero-order valence-electron chi connectivity index (χ0n) is 19.3. The quantitative estimate of drug-likeness (QED) is 0.137. The number of carbonyl (C=O) groups is 4. The van der Waals surface area contributed by atoms with Gasteiger partial charge in [-0.05, 0) is 48.1 Å². The first-order valence-electron chi connectivity index (χ1n) is 10.8. The van der Waals surface area contributed by atoms with Gasteiger partial charge in [0.2, 0.25) is 10.7 Å². The van der Waals surface area contributed by atoms with Crippen LogP contribution in [0.25, 0.3) is 5.69 Å². The van der Waals surface area contributed by atoms with Gasteiger partial charge in [0.15, 0.2) is 11.5 Å². The highest BCUT2D eigenvalue weighted by molar-refractivity contribution is 8.15. The van der Waals surface area contributed by atoms with Crippen molar-refractivity contribution in [1.82, 2.24) is 25.1 Å². The topological polar surface area (TPSA) is 146 Å². The number of thioether (sulfide) groups is 1. The maximum Gasteiger partial charge on any atom is 0.312 e. The third-order valence-electron chi connectivity index (χ3n) is 4.99. The van der Waals surface area contributed by atoms with Gasteiger partial charge < -0.3 is 9.47 Å². The number of imide groups is 1. The van der Waals surface area contributed by atoms with E-state index in [0.29, 0.717) is 10.3 Å². The number of nitrogens with zero attached hydrogens (tertiary/aromatic N) is 4. The number of carbonyl (C=O) groups excluding carboxylic acids is 4. The predicted molar refractivity (Wildman–Crippen MR) is 136 cm³/mol.